The zero-order chi connectivity index (χ0) is 19.3. The van der Waals surface area contributed by atoms with Crippen LogP contribution in [0.25, 0.3) is 0 Å². The second-order valence-corrected chi connectivity index (χ2v) is 6.75. The molecule has 2 aromatic carbocycles. The molecule has 0 aliphatic rings. The lowest BCUT2D eigenvalue weighted by atomic mass is 10.1. The van der Waals surface area contributed by atoms with Gasteiger partial charge in [0.05, 0.1) is 12.1 Å². The largest absolute Gasteiger partial charge is 0.331 e. The Bertz CT molecular complexity index is 777. The van der Waals surface area contributed by atoms with Crippen molar-refractivity contribution in [3.8, 4) is 0 Å². The van der Waals surface area contributed by atoms with Crippen LogP contribution in [0, 0.1) is 0 Å². The van der Waals surface area contributed by atoms with Gasteiger partial charge in [-0.05, 0) is 49.2 Å². The van der Waals surface area contributed by atoms with Gasteiger partial charge in [0.1, 0.15) is 0 Å². The molecule has 5 nitrogen and oxygen atoms in total. The first-order valence-corrected chi connectivity index (χ1v) is 8.82. The van der Waals surface area contributed by atoms with Gasteiger partial charge in [-0.1, -0.05) is 35.9 Å². The number of anilines is 1. The van der Waals surface area contributed by atoms with Gasteiger partial charge in [-0.2, -0.15) is 0 Å². The zero-order valence-corrected chi connectivity index (χ0v) is 16.2. The molecule has 0 saturated heterocycles. The van der Waals surface area contributed by atoms with Crippen LogP contribution in [-0.2, 0) is 4.79 Å². The van der Waals surface area contributed by atoms with Crippen molar-refractivity contribution in [1.29, 1.82) is 0 Å². The molecule has 138 valence electrons. The minimum Gasteiger partial charge on any atom is -0.331 e. The minimum absolute atomic E-state index is 0.0924. The van der Waals surface area contributed by atoms with E-state index in [2.05, 4.69) is 10.6 Å². The molecule has 3 amide bonds. The molecule has 6 heteroatoms. The van der Waals surface area contributed by atoms with Crippen LogP contribution >= 0.6 is 11.6 Å². The molecule has 2 rings (SSSR count). The highest BCUT2D eigenvalue weighted by Gasteiger charge is 2.19. The molecule has 0 heterocycles. The van der Waals surface area contributed by atoms with Gasteiger partial charge in [-0.3, -0.25) is 4.79 Å². The Labute approximate surface area is 159 Å². The van der Waals surface area contributed by atoms with E-state index in [-0.39, 0.29) is 24.0 Å². The Balaban J connectivity index is 2.03. The summed E-state index contributed by atoms with van der Waals surface area (Å²) in [5.74, 6) is -0.129. The summed E-state index contributed by atoms with van der Waals surface area (Å²) in [5, 5.41) is 6.40. The van der Waals surface area contributed by atoms with Crippen LogP contribution in [0.1, 0.15) is 44.0 Å². The number of carbonyl (C=O) groups is 2. The van der Waals surface area contributed by atoms with Crippen molar-refractivity contribution in [2.75, 3.05) is 12.4 Å². The summed E-state index contributed by atoms with van der Waals surface area (Å²) in [4.78, 5) is 25.4. The summed E-state index contributed by atoms with van der Waals surface area (Å²) < 4.78 is 0. The average molecular weight is 374 g/mol. The average Bonchev–Trinajstić information content (AvgIpc) is 2.60. The predicted molar refractivity (Wildman–Crippen MR) is 105 cm³/mol. The van der Waals surface area contributed by atoms with Crippen molar-refractivity contribution < 1.29 is 9.59 Å². The number of urea groups is 1. The van der Waals surface area contributed by atoms with Gasteiger partial charge < -0.3 is 15.5 Å². The molecular weight excluding hydrogens is 350 g/mol. The lowest BCUT2D eigenvalue weighted by Gasteiger charge is -2.27. The lowest BCUT2D eigenvalue weighted by molar-refractivity contribution is -0.114. The van der Waals surface area contributed by atoms with Gasteiger partial charge in [0.2, 0.25) is 5.91 Å². The molecular formula is C20H24ClN3O2. The first-order valence-electron chi connectivity index (χ1n) is 8.44. The maximum Gasteiger partial charge on any atom is 0.318 e. The van der Waals surface area contributed by atoms with E-state index in [1.807, 2.05) is 62.4 Å². The molecule has 0 saturated carbocycles. The molecule has 2 atom stereocenters. The van der Waals surface area contributed by atoms with E-state index in [9.17, 15) is 9.59 Å². The third-order valence-corrected chi connectivity index (χ3v) is 4.55. The van der Waals surface area contributed by atoms with Crippen LogP contribution < -0.4 is 10.6 Å². The van der Waals surface area contributed by atoms with Gasteiger partial charge in [0, 0.05) is 24.7 Å². The van der Waals surface area contributed by atoms with Crippen LogP contribution in [0.5, 0.6) is 0 Å². The smallest absolute Gasteiger partial charge is 0.318 e. The van der Waals surface area contributed by atoms with E-state index in [1.165, 1.54) is 6.92 Å². The molecule has 0 fully saturated rings. The lowest BCUT2D eigenvalue weighted by Crippen LogP contribution is -2.39. The zero-order valence-electron chi connectivity index (χ0n) is 15.4. The summed E-state index contributed by atoms with van der Waals surface area (Å²) in [6, 6.07) is 14.4. The molecule has 2 aromatic rings. The molecule has 0 unspecified atom stereocenters. The third kappa shape index (κ3) is 5.23. The molecule has 0 radical (unpaired) electrons. The number of benzene rings is 2. The Kier molecular flexibility index (Phi) is 6.64. The number of nitrogens with one attached hydrogen (secondary N) is 2. The van der Waals surface area contributed by atoms with E-state index in [0.29, 0.717) is 10.7 Å². The first kappa shape index (κ1) is 19.8. The molecule has 0 aromatic heterocycles. The maximum atomic E-state index is 12.6. The second kappa shape index (κ2) is 8.72. The summed E-state index contributed by atoms with van der Waals surface area (Å²) >= 11 is 5.92. The molecule has 0 aliphatic carbocycles. The van der Waals surface area contributed by atoms with Crippen LogP contribution in [0.2, 0.25) is 5.02 Å². The Morgan fingerprint density at radius 2 is 1.69 bits per heavy atom. The van der Waals surface area contributed by atoms with E-state index < -0.39 is 0 Å². The quantitative estimate of drug-likeness (QED) is 0.793. The number of hydrogen-bond acceptors (Lipinski definition) is 2. The fourth-order valence-electron chi connectivity index (χ4n) is 2.60. The second-order valence-electron chi connectivity index (χ2n) is 6.32. The van der Waals surface area contributed by atoms with Crippen molar-refractivity contribution in [2.24, 2.45) is 0 Å². The normalized spacial score (nSPS) is 12.8. The van der Waals surface area contributed by atoms with Gasteiger partial charge in [-0.15, -0.1) is 0 Å². The van der Waals surface area contributed by atoms with Gasteiger partial charge in [0.25, 0.3) is 0 Å². The molecule has 0 aliphatic heterocycles. The van der Waals surface area contributed by atoms with Crippen molar-refractivity contribution in [1.82, 2.24) is 10.2 Å². The molecule has 2 N–H and O–H groups in total. The van der Waals surface area contributed by atoms with E-state index in [4.69, 9.17) is 11.6 Å². The highest BCUT2D eigenvalue weighted by atomic mass is 35.5. The van der Waals surface area contributed by atoms with Gasteiger partial charge >= 0.3 is 6.03 Å². The van der Waals surface area contributed by atoms with Crippen molar-refractivity contribution >= 4 is 29.2 Å². The summed E-state index contributed by atoms with van der Waals surface area (Å²) in [6.45, 7) is 5.33. The van der Waals surface area contributed by atoms with Crippen LogP contribution in [0.15, 0.2) is 48.5 Å². The number of nitrogens with zero attached hydrogens (tertiary/aromatic N) is 1. The van der Waals surface area contributed by atoms with Crippen LogP contribution in [0.4, 0.5) is 10.5 Å². The molecule has 26 heavy (non-hydrogen) atoms. The SMILES string of the molecule is CC(=O)Nc1cccc([C@H](C)NC(=O)N(C)[C@@H](C)c2ccc(Cl)cc2)c1. The van der Waals surface area contributed by atoms with Crippen LogP contribution in [-0.4, -0.2) is 23.9 Å². The van der Waals surface area contributed by atoms with Crippen LogP contribution in [0.3, 0.4) is 0 Å². The highest BCUT2D eigenvalue weighted by Crippen LogP contribution is 2.22. The maximum absolute atomic E-state index is 12.6. The number of hydrogen-bond donors (Lipinski definition) is 2. The van der Waals surface area contributed by atoms with Gasteiger partial charge in [0.15, 0.2) is 0 Å². The van der Waals surface area contributed by atoms with E-state index in [1.54, 1.807) is 11.9 Å². The Morgan fingerprint density at radius 1 is 1.04 bits per heavy atom. The Morgan fingerprint density at radius 3 is 2.31 bits per heavy atom. The van der Waals surface area contributed by atoms with E-state index in [0.717, 1.165) is 11.1 Å². The predicted octanol–water partition coefficient (Wildman–Crippen LogP) is 4.76. The number of halogens is 1. The monoisotopic (exact) mass is 373 g/mol. The van der Waals surface area contributed by atoms with Crippen molar-refractivity contribution in [3.05, 3.63) is 64.7 Å². The van der Waals surface area contributed by atoms with Gasteiger partial charge in [-0.25, -0.2) is 4.79 Å². The van der Waals surface area contributed by atoms with E-state index >= 15 is 0 Å². The molecule has 0 bridgehead atoms. The highest BCUT2D eigenvalue weighted by molar-refractivity contribution is 6.30. The fraction of sp³-hybridized carbons (Fsp3) is 0.300. The van der Waals surface area contributed by atoms with Crippen molar-refractivity contribution in [3.63, 3.8) is 0 Å². The summed E-state index contributed by atoms with van der Waals surface area (Å²) in [5.41, 5.74) is 2.63. The number of carbonyl (C=O) groups excluding carboxylic acids is 2. The summed E-state index contributed by atoms with van der Waals surface area (Å²) in [7, 11) is 1.76. The summed E-state index contributed by atoms with van der Waals surface area (Å²) in [6.07, 6.45) is 0. The minimum atomic E-state index is -0.198. The fourth-order valence-corrected chi connectivity index (χ4v) is 2.73. The standard InChI is InChI=1S/C20H24ClN3O2/c1-13(17-6-5-7-19(12-17)23-15(3)25)22-20(26)24(4)14(2)16-8-10-18(21)11-9-16/h5-14H,1-4H3,(H,22,26)(H,23,25)/t13-,14-/m0/s1. The Hall–Kier alpha value is -2.53. The van der Waals surface area contributed by atoms with Crippen molar-refractivity contribution in [2.45, 2.75) is 32.9 Å². The third-order valence-electron chi connectivity index (χ3n) is 4.30. The molecule has 0 spiro atoms. The number of rotatable bonds is 5. The topological polar surface area (TPSA) is 61.4 Å². The number of amides is 3. The first-order chi connectivity index (χ1) is 12.3.